The van der Waals surface area contributed by atoms with E-state index < -0.39 is 11.6 Å². The molecule has 6 heteroatoms. The molecular formula is C23H27Br2NO3. The summed E-state index contributed by atoms with van der Waals surface area (Å²) in [6.07, 6.45) is 5.86. The average molecular weight is 525 g/mol. The fourth-order valence-electron chi connectivity index (χ4n) is 3.70. The predicted octanol–water partition coefficient (Wildman–Crippen LogP) is 5.26. The fraction of sp³-hybridized carbons (Fsp3) is 0.435. The van der Waals surface area contributed by atoms with Crippen molar-refractivity contribution in [3.63, 3.8) is 0 Å². The highest BCUT2D eigenvalue weighted by Gasteiger charge is 2.41. The van der Waals surface area contributed by atoms with Crippen LogP contribution < -0.4 is 0 Å². The normalized spacial score (nSPS) is 15.7. The average Bonchev–Trinajstić information content (AvgIpc) is 3.00. The number of carbonyl (C=O) groups is 1. The Morgan fingerprint density at radius 3 is 1.86 bits per heavy atom. The van der Waals surface area contributed by atoms with Crippen LogP contribution in [0.1, 0.15) is 43.2 Å². The van der Waals surface area contributed by atoms with Gasteiger partial charge in [-0.1, -0.05) is 69.0 Å². The van der Waals surface area contributed by atoms with Gasteiger partial charge < -0.3 is 14.7 Å². The number of benzene rings is 2. The van der Waals surface area contributed by atoms with E-state index in [0.29, 0.717) is 17.7 Å². The van der Waals surface area contributed by atoms with Crippen LogP contribution in [0.15, 0.2) is 57.5 Å². The van der Waals surface area contributed by atoms with Gasteiger partial charge in [0, 0.05) is 15.5 Å². The lowest BCUT2D eigenvalue weighted by Gasteiger charge is -2.27. The minimum Gasteiger partial charge on any atom is -0.463 e. The summed E-state index contributed by atoms with van der Waals surface area (Å²) in [4.78, 5) is 15.5. The number of hydrogen-bond donors (Lipinski definition) is 1. The Bertz CT molecular complexity index is 739. The van der Waals surface area contributed by atoms with E-state index in [1.165, 1.54) is 25.7 Å². The van der Waals surface area contributed by atoms with Crippen LogP contribution in [0.25, 0.3) is 0 Å². The summed E-state index contributed by atoms with van der Waals surface area (Å²) in [7, 11) is 0. The second-order valence-electron chi connectivity index (χ2n) is 7.47. The molecule has 1 aliphatic rings. The number of likely N-dealkylation sites (tertiary alicyclic amines) is 1. The molecule has 4 nitrogen and oxygen atoms in total. The first kappa shape index (κ1) is 22.5. The highest BCUT2D eigenvalue weighted by Crippen LogP contribution is 2.33. The third-order valence-corrected chi connectivity index (χ3v) is 6.43. The molecule has 0 atom stereocenters. The summed E-state index contributed by atoms with van der Waals surface area (Å²) in [5.74, 6) is -0.641. The van der Waals surface area contributed by atoms with Gasteiger partial charge in [-0.3, -0.25) is 0 Å². The molecule has 2 aromatic rings. The molecule has 0 saturated carbocycles. The number of hydrogen-bond acceptors (Lipinski definition) is 4. The van der Waals surface area contributed by atoms with Crippen molar-refractivity contribution in [2.75, 3.05) is 26.2 Å². The van der Waals surface area contributed by atoms with E-state index in [1.807, 2.05) is 24.3 Å². The zero-order valence-electron chi connectivity index (χ0n) is 16.4. The van der Waals surface area contributed by atoms with Crippen LogP contribution in [0, 0.1) is 0 Å². The number of aliphatic hydroxyl groups is 1. The van der Waals surface area contributed by atoms with Crippen LogP contribution in [-0.4, -0.2) is 42.2 Å². The molecule has 1 fully saturated rings. The second-order valence-corrected chi connectivity index (χ2v) is 9.30. The monoisotopic (exact) mass is 523 g/mol. The highest BCUT2D eigenvalue weighted by atomic mass is 79.9. The lowest BCUT2D eigenvalue weighted by molar-refractivity contribution is -0.162. The summed E-state index contributed by atoms with van der Waals surface area (Å²) in [5.41, 5.74) is -0.870. The first-order valence-electron chi connectivity index (χ1n) is 10.1. The van der Waals surface area contributed by atoms with E-state index in [0.717, 1.165) is 35.0 Å². The van der Waals surface area contributed by atoms with E-state index >= 15 is 0 Å². The van der Waals surface area contributed by atoms with Gasteiger partial charge >= 0.3 is 5.97 Å². The molecule has 1 N–H and O–H groups in total. The SMILES string of the molecule is O=C(OCCCN1CCCCCC1)C(O)(c1ccc(Br)cc1)c1ccc(Br)cc1. The van der Waals surface area contributed by atoms with Crippen molar-refractivity contribution in [1.29, 1.82) is 0 Å². The number of ether oxygens (including phenoxy) is 1. The smallest absolute Gasteiger partial charge is 0.347 e. The minimum atomic E-state index is -1.84. The van der Waals surface area contributed by atoms with Gasteiger partial charge in [0.25, 0.3) is 0 Å². The molecule has 3 rings (SSSR count). The third kappa shape index (κ3) is 5.91. The fourth-order valence-corrected chi connectivity index (χ4v) is 4.23. The summed E-state index contributed by atoms with van der Waals surface area (Å²) in [6, 6.07) is 14.2. The van der Waals surface area contributed by atoms with Gasteiger partial charge in [0.15, 0.2) is 0 Å². The Labute approximate surface area is 189 Å². The topological polar surface area (TPSA) is 49.8 Å². The molecule has 1 aliphatic heterocycles. The van der Waals surface area contributed by atoms with Crippen LogP contribution in [0.3, 0.4) is 0 Å². The predicted molar refractivity (Wildman–Crippen MR) is 122 cm³/mol. The van der Waals surface area contributed by atoms with Crippen molar-refractivity contribution < 1.29 is 14.6 Å². The van der Waals surface area contributed by atoms with Crippen molar-refractivity contribution in [2.24, 2.45) is 0 Å². The largest absolute Gasteiger partial charge is 0.463 e. The van der Waals surface area contributed by atoms with Gasteiger partial charge in [-0.25, -0.2) is 4.79 Å². The Morgan fingerprint density at radius 1 is 0.897 bits per heavy atom. The van der Waals surface area contributed by atoms with E-state index in [4.69, 9.17) is 4.74 Å². The lowest BCUT2D eigenvalue weighted by atomic mass is 9.86. The Balaban J connectivity index is 1.69. The summed E-state index contributed by atoms with van der Waals surface area (Å²) >= 11 is 6.80. The van der Waals surface area contributed by atoms with Gasteiger partial charge in [-0.15, -0.1) is 0 Å². The van der Waals surface area contributed by atoms with Crippen LogP contribution >= 0.6 is 31.9 Å². The Morgan fingerprint density at radius 2 is 1.38 bits per heavy atom. The van der Waals surface area contributed by atoms with Crippen LogP contribution in [0.2, 0.25) is 0 Å². The van der Waals surface area contributed by atoms with E-state index in [1.54, 1.807) is 24.3 Å². The summed E-state index contributed by atoms with van der Waals surface area (Å²) < 4.78 is 7.32. The second kappa shape index (κ2) is 10.7. The minimum absolute atomic E-state index is 0.296. The molecule has 1 saturated heterocycles. The zero-order valence-corrected chi connectivity index (χ0v) is 19.6. The first-order chi connectivity index (χ1) is 14.0. The molecule has 0 aliphatic carbocycles. The maximum Gasteiger partial charge on any atom is 0.347 e. The summed E-state index contributed by atoms with van der Waals surface area (Å²) in [6.45, 7) is 3.46. The molecule has 0 radical (unpaired) electrons. The van der Waals surface area contributed by atoms with Crippen LogP contribution in [0.4, 0.5) is 0 Å². The van der Waals surface area contributed by atoms with Gasteiger partial charge in [0.1, 0.15) is 0 Å². The van der Waals surface area contributed by atoms with Crippen LogP contribution in [-0.2, 0) is 15.1 Å². The molecule has 1 heterocycles. The van der Waals surface area contributed by atoms with Crippen molar-refractivity contribution in [3.8, 4) is 0 Å². The van der Waals surface area contributed by atoms with E-state index in [9.17, 15) is 9.90 Å². The van der Waals surface area contributed by atoms with Gasteiger partial charge in [-0.2, -0.15) is 0 Å². The molecular weight excluding hydrogens is 498 g/mol. The van der Waals surface area contributed by atoms with Crippen molar-refractivity contribution in [3.05, 3.63) is 68.6 Å². The zero-order chi connectivity index (χ0) is 20.7. The van der Waals surface area contributed by atoms with Crippen molar-refractivity contribution >= 4 is 37.8 Å². The van der Waals surface area contributed by atoms with Crippen molar-refractivity contribution in [1.82, 2.24) is 4.90 Å². The maximum absolute atomic E-state index is 13.0. The molecule has 2 aromatic carbocycles. The number of halogens is 2. The molecule has 0 aromatic heterocycles. The third-order valence-electron chi connectivity index (χ3n) is 5.37. The molecule has 0 spiro atoms. The highest BCUT2D eigenvalue weighted by molar-refractivity contribution is 9.10. The quantitative estimate of drug-likeness (QED) is 0.396. The summed E-state index contributed by atoms with van der Waals surface area (Å²) in [5, 5.41) is 11.5. The van der Waals surface area contributed by atoms with Gasteiger partial charge in [-0.05, 0) is 67.7 Å². The number of carbonyl (C=O) groups excluding carboxylic acids is 1. The van der Waals surface area contributed by atoms with E-state index in [-0.39, 0.29) is 0 Å². The molecule has 0 amide bonds. The Kier molecular flexibility index (Phi) is 8.30. The molecule has 156 valence electrons. The number of nitrogens with zero attached hydrogens (tertiary/aromatic N) is 1. The lowest BCUT2D eigenvalue weighted by Crippen LogP contribution is -2.39. The number of rotatable bonds is 7. The van der Waals surface area contributed by atoms with Gasteiger partial charge in [0.2, 0.25) is 5.60 Å². The number of esters is 1. The van der Waals surface area contributed by atoms with Gasteiger partial charge in [0.05, 0.1) is 6.61 Å². The van der Waals surface area contributed by atoms with Crippen LogP contribution in [0.5, 0.6) is 0 Å². The van der Waals surface area contributed by atoms with E-state index in [2.05, 4.69) is 36.8 Å². The Hall–Kier alpha value is -1.21. The molecule has 0 bridgehead atoms. The van der Waals surface area contributed by atoms with Crippen molar-refractivity contribution in [2.45, 2.75) is 37.7 Å². The maximum atomic E-state index is 13.0. The molecule has 0 unspecified atom stereocenters. The standard InChI is InChI=1S/C23H27Br2NO3/c24-20-10-6-18(7-11-20)23(28,19-8-12-21(25)13-9-19)22(27)29-17-5-16-26-14-3-1-2-4-15-26/h6-13,28H,1-5,14-17H2. The first-order valence-corrected chi connectivity index (χ1v) is 11.7. The molecule has 29 heavy (non-hydrogen) atoms.